The van der Waals surface area contributed by atoms with Gasteiger partial charge in [-0.15, -0.1) is 0 Å². The predicted molar refractivity (Wildman–Crippen MR) is 81.9 cm³/mol. The molecule has 1 aliphatic heterocycles. The van der Waals surface area contributed by atoms with Crippen LogP contribution in [0.1, 0.15) is 16.8 Å². The summed E-state index contributed by atoms with van der Waals surface area (Å²) in [5.41, 5.74) is 0.670. The Balaban J connectivity index is 1.96. The number of hydrogen-bond donors (Lipinski definition) is 1. The van der Waals surface area contributed by atoms with Crippen molar-refractivity contribution in [1.29, 1.82) is 0 Å². The minimum absolute atomic E-state index is 0.0196. The van der Waals surface area contributed by atoms with Gasteiger partial charge in [0.2, 0.25) is 0 Å². The van der Waals surface area contributed by atoms with Gasteiger partial charge < -0.3 is 5.32 Å². The van der Waals surface area contributed by atoms with Gasteiger partial charge in [0.1, 0.15) is 0 Å². The molecule has 92 valence electrons. The molecule has 1 aromatic rings. The minimum atomic E-state index is -0.0196. The number of benzene rings is 1. The van der Waals surface area contributed by atoms with Gasteiger partial charge in [-0.25, -0.2) is 0 Å². The van der Waals surface area contributed by atoms with E-state index in [1.54, 1.807) is 12.1 Å². The van der Waals surface area contributed by atoms with Crippen LogP contribution in [0.4, 0.5) is 0 Å². The van der Waals surface area contributed by atoms with Crippen molar-refractivity contribution in [2.45, 2.75) is 6.42 Å². The van der Waals surface area contributed by atoms with Crippen molar-refractivity contribution in [2.75, 3.05) is 18.1 Å². The van der Waals surface area contributed by atoms with E-state index in [-0.39, 0.29) is 5.91 Å². The van der Waals surface area contributed by atoms with Crippen LogP contribution in [0.15, 0.2) is 18.2 Å². The van der Waals surface area contributed by atoms with E-state index in [2.05, 4.69) is 27.9 Å². The Kier molecular flexibility index (Phi) is 4.99. The molecule has 1 saturated heterocycles. The number of carbonyl (C=O) groups excluding carboxylic acids is 1. The van der Waals surface area contributed by atoms with Crippen molar-refractivity contribution in [1.82, 2.24) is 5.32 Å². The summed E-state index contributed by atoms with van der Waals surface area (Å²) in [5.74, 6) is 2.98. The van der Waals surface area contributed by atoms with Gasteiger partial charge in [-0.2, -0.15) is 11.8 Å². The van der Waals surface area contributed by atoms with Crippen molar-refractivity contribution >= 4 is 51.9 Å². The minimum Gasteiger partial charge on any atom is -0.352 e. The third-order valence-corrected chi connectivity index (χ3v) is 5.16. The van der Waals surface area contributed by atoms with E-state index < -0.39 is 0 Å². The molecule has 1 atom stereocenters. The average molecular weight is 382 g/mol. The smallest absolute Gasteiger partial charge is 0.252 e. The number of nitrogens with one attached hydrogen (secondary N) is 1. The number of amides is 1. The largest absolute Gasteiger partial charge is 0.352 e. The molecule has 1 aromatic carbocycles. The first-order valence-electron chi connectivity index (χ1n) is 5.48. The quantitative estimate of drug-likeness (QED) is 0.813. The summed E-state index contributed by atoms with van der Waals surface area (Å²) in [5, 5.41) is 3.60. The molecule has 0 aromatic heterocycles. The second-order valence-electron chi connectivity index (χ2n) is 4.06. The molecule has 5 heteroatoms. The lowest BCUT2D eigenvalue weighted by atomic mass is 10.1. The van der Waals surface area contributed by atoms with Crippen molar-refractivity contribution in [2.24, 2.45) is 5.92 Å². The Hall–Kier alpha value is 0.0600. The molecule has 1 heterocycles. The molecule has 1 fully saturated rings. The van der Waals surface area contributed by atoms with Gasteiger partial charge in [-0.05, 0) is 64.6 Å². The van der Waals surface area contributed by atoms with E-state index in [9.17, 15) is 4.79 Å². The van der Waals surface area contributed by atoms with E-state index >= 15 is 0 Å². The fraction of sp³-hybridized carbons (Fsp3) is 0.417. The monoisotopic (exact) mass is 381 g/mol. The molecule has 0 aliphatic carbocycles. The first-order valence-corrected chi connectivity index (χ1v) is 8.09. The normalized spacial score (nSPS) is 19.3. The van der Waals surface area contributed by atoms with Crippen LogP contribution in [-0.4, -0.2) is 24.0 Å². The number of carbonyl (C=O) groups is 1. The summed E-state index contributed by atoms with van der Waals surface area (Å²) in [6.45, 7) is 0.772. The van der Waals surface area contributed by atoms with Crippen LogP contribution in [-0.2, 0) is 0 Å². The summed E-state index contributed by atoms with van der Waals surface area (Å²) in [6, 6.07) is 5.39. The lowest BCUT2D eigenvalue weighted by Gasteiger charge is -2.11. The molecule has 17 heavy (non-hydrogen) atoms. The van der Waals surface area contributed by atoms with Gasteiger partial charge in [-0.1, -0.05) is 11.6 Å². The van der Waals surface area contributed by atoms with Crippen LogP contribution >= 0.6 is 46.0 Å². The van der Waals surface area contributed by atoms with Crippen LogP contribution in [0.2, 0.25) is 5.02 Å². The molecule has 1 N–H and O–H groups in total. The third kappa shape index (κ3) is 3.76. The number of thioether (sulfide) groups is 1. The fourth-order valence-electron chi connectivity index (χ4n) is 1.75. The maximum atomic E-state index is 12.0. The zero-order valence-corrected chi connectivity index (χ0v) is 12.9. The Morgan fingerprint density at radius 3 is 3.12 bits per heavy atom. The molecule has 1 aliphatic rings. The maximum Gasteiger partial charge on any atom is 0.252 e. The molecular formula is C12H13ClINOS. The lowest BCUT2D eigenvalue weighted by molar-refractivity contribution is 0.0947. The number of rotatable bonds is 3. The maximum absolute atomic E-state index is 12.0. The molecule has 1 amide bonds. The van der Waals surface area contributed by atoms with E-state index in [0.29, 0.717) is 16.5 Å². The molecular weight excluding hydrogens is 369 g/mol. The van der Waals surface area contributed by atoms with Gasteiger partial charge in [0.25, 0.3) is 5.91 Å². The molecule has 0 spiro atoms. The molecule has 1 unspecified atom stereocenters. The standard InChI is InChI=1S/C12H13ClINOS/c13-9-1-2-11(14)10(5-9)12(16)15-6-8-3-4-17-7-8/h1-2,5,8H,3-4,6-7H2,(H,15,16). The predicted octanol–water partition coefficient (Wildman–Crippen LogP) is 3.43. The highest BCUT2D eigenvalue weighted by Crippen LogP contribution is 2.23. The van der Waals surface area contributed by atoms with Crippen molar-refractivity contribution < 1.29 is 4.79 Å². The van der Waals surface area contributed by atoms with Crippen molar-refractivity contribution in [3.05, 3.63) is 32.4 Å². The second kappa shape index (κ2) is 6.29. The fourth-order valence-corrected chi connectivity index (χ4v) is 3.79. The van der Waals surface area contributed by atoms with Crippen molar-refractivity contribution in [3.8, 4) is 0 Å². The van der Waals surface area contributed by atoms with Crippen molar-refractivity contribution in [3.63, 3.8) is 0 Å². The average Bonchev–Trinajstić information content (AvgIpc) is 2.82. The molecule has 0 saturated carbocycles. The Morgan fingerprint density at radius 1 is 1.59 bits per heavy atom. The Morgan fingerprint density at radius 2 is 2.41 bits per heavy atom. The van der Waals surface area contributed by atoms with Gasteiger partial charge in [0.05, 0.1) is 5.56 Å². The molecule has 0 bridgehead atoms. The van der Waals surface area contributed by atoms with Crippen LogP contribution in [0.5, 0.6) is 0 Å². The Labute approximate surface area is 124 Å². The van der Waals surface area contributed by atoms with Gasteiger partial charge in [-0.3, -0.25) is 4.79 Å². The summed E-state index contributed by atoms with van der Waals surface area (Å²) in [6.07, 6.45) is 1.21. The van der Waals surface area contributed by atoms with E-state index in [0.717, 1.165) is 15.9 Å². The van der Waals surface area contributed by atoms with E-state index in [1.165, 1.54) is 12.2 Å². The zero-order chi connectivity index (χ0) is 12.3. The molecule has 2 rings (SSSR count). The summed E-state index contributed by atoms with van der Waals surface area (Å²) in [7, 11) is 0. The second-order valence-corrected chi connectivity index (χ2v) is 6.81. The van der Waals surface area contributed by atoms with Crippen LogP contribution in [0.25, 0.3) is 0 Å². The molecule has 0 radical (unpaired) electrons. The third-order valence-electron chi connectivity index (χ3n) is 2.75. The van der Waals surface area contributed by atoms with Gasteiger partial charge in [0.15, 0.2) is 0 Å². The Bertz CT molecular complexity index is 421. The lowest BCUT2D eigenvalue weighted by Crippen LogP contribution is -2.29. The summed E-state index contributed by atoms with van der Waals surface area (Å²) >= 11 is 10.0. The first kappa shape index (κ1) is 13.5. The highest BCUT2D eigenvalue weighted by atomic mass is 127. The van der Waals surface area contributed by atoms with Crippen LogP contribution < -0.4 is 5.32 Å². The molecule has 2 nitrogen and oxygen atoms in total. The van der Waals surface area contributed by atoms with Gasteiger partial charge in [0, 0.05) is 15.1 Å². The zero-order valence-electron chi connectivity index (χ0n) is 9.21. The number of halogens is 2. The SMILES string of the molecule is O=C(NCC1CCSC1)c1cc(Cl)ccc1I. The highest BCUT2D eigenvalue weighted by molar-refractivity contribution is 14.1. The summed E-state index contributed by atoms with van der Waals surface area (Å²) in [4.78, 5) is 12.0. The summed E-state index contributed by atoms with van der Waals surface area (Å²) < 4.78 is 0.935. The highest BCUT2D eigenvalue weighted by Gasteiger charge is 2.17. The van der Waals surface area contributed by atoms with Gasteiger partial charge >= 0.3 is 0 Å². The number of hydrogen-bond acceptors (Lipinski definition) is 2. The van der Waals surface area contributed by atoms with Crippen LogP contribution in [0.3, 0.4) is 0 Å². The topological polar surface area (TPSA) is 29.1 Å². The van der Waals surface area contributed by atoms with E-state index in [1.807, 2.05) is 17.8 Å². The first-order chi connectivity index (χ1) is 8.16. The van der Waals surface area contributed by atoms with E-state index in [4.69, 9.17) is 11.6 Å². The van der Waals surface area contributed by atoms with Crippen LogP contribution in [0, 0.1) is 9.49 Å².